The van der Waals surface area contributed by atoms with E-state index in [9.17, 15) is 0 Å². The Morgan fingerprint density at radius 1 is 1.23 bits per heavy atom. The molecule has 8 nitrogen and oxygen atoms in total. The van der Waals surface area contributed by atoms with Crippen molar-refractivity contribution in [1.82, 2.24) is 24.8 Å². The number of hydrogen-bond donors (Lipinski definition) is 2. The molecule has 1 aromatic carbocycles. The molecule has 0 saturated heterocycles. The minimum atomic E-state index is 0.201. The lowest BCUT2D eigenvalue weighted by Crippen LogP contribution is -2.17. The molecule has 1 saturated carbocycles. The number of benzene rings is 1. The van der Waals surface area contributed by atoms with Gasteiger partial charge in [-0.05, 0) is 38.3 Å². The van der Waals surface area contributed by atoms with Crippen molar-refractivity contribution in [3.05, 3.63) is 24.0 Å². The molecule has 1 aliphatic carbocycles. The lowest BCUT2D eigenvalue weighted by Gasteiger charge is -2.10. The summed E-state index contributed by atoms with van der Waals surface area (Å²) in [7, 11) is 0. The molecule has 30 heavy (non-hydrogen) atoms. The number of terminal acetylenes is 1. The van der Waals surface area contributed by atoms with E-state index < -0.39 is 0 Å². The number of rotatable bonds is 8. The minimum Gasteiger partial charge on any atom is -0.454 e. The molecule has 5 rings (SSSR count). The topological polar surface area (TPSA) is 100 Å². The van der Waals surface area contributed by atoms with Crippen molar-refractivity contribution < 1.29 is 9.47 Å². The second-order valence-corrected chi connectivity index (χ2v) is 8.37. The van der Waals surface area contributed by atoms with Crippen LogP contribution in [-0.4, -0.2) is 38.9 Å². The molecule has 0 bridgehead atoms. The third-order valence-electron chi connectivity index (χ3n) is 5.18. The highest BCUT2D eigenvalue weighted by Crippen LogP contribution is 2.41. The Morgan fingerprint density at radius 3 is 2.87 bits per heavy atom. The first kappa shape index (κ1) is 19.0. The van der Waals surface area contributed by atoms with Gasteiger partial charge in [0.1, 0.15) is 6.33 Å². The van der Waals surface area contributed by atoms with E-state index in [1.165, 1.54) is 30.9 Å². The Bertz CT molecular complexity index is 1130. The van der Waals surface area contributed by atoms with Gasteiger partial charge in [-0.15, -0.1) is 6.42 Å². The van der Waals surface area contributed by atoms with E-state index in [0.29, 0.717) is 22.8 Å². The second kappa shape index (κ2) is 8.05. The molecular weight excluding hydrogens is 400 g/mol. The minimum absolute atomic E-state index is 0.201. The molecule has 1 fully saturated rings. The van der Waals surface area contributed by atoms with Crippen molar-refractivity contribution in [2.45, 2.75) is 48.3 Å². The molecule has 9 heteroatoms. The van der Waals surface area contributed by atoms with Crippen LogP contribution in [0.5, 0.6) is 11.5 Å². The maximum absolute atomic E-state index is 6.06. The number of nitrogen functional groups attached to an aromatic ring is 1. The van der Waals surface area contributed by atoms with Gasteiger partial charge in [0.2, 0.25) is 6.79 Å². The number of unbranched alkanes of at least 4 members (excludes halogenated alkanes) is 1. The van der Waals surface area contributed by atoms with Crippen molar-refractivity contribution in [2.24, 2.45) is 0 Å². The van der Waals surface area contributed by atoms with Crippen LogP contribution < -0.4 is 20.5 Å². The summed E-state index contributed by atoms with van der Waals surface area (Å²) in [6.45, 7) is 2.02. The fourth-order valence-corrected chi connectivity index (χ4v) is 4.44. The van der Waals surface area contributed by atoms with E-state index in [4.69, 9.17) is 26.6 Å². The predicted octanol–water partition coefficient (Wildman–Crippen LogP) is 2.80. The van der Waals surface area contributed by atoms with Crippen LogP contribution in [0.2, 0.25) is 0 Å². The molecule has 1 aliphatic heterocycles. The zero-order valence-electron chi connectivity index (χ0n) is 16.4. The van der Waals surface area contributed by atoms with Gasteiger partial charge in [0, 0.05) is 29.1 Å². The van der Waals surface area contributed by atoms with Crippen molar-refractivity contribution in [2.75, 3.05) is 19.1 Å². The fraction of sp³-hybridized carbons (Fsp3) is 0.381. The van der Waals surface area contributed by atoms with Crippen LogP contribution >= 0.6 is 11.8 Å². The van der Waals surface area contributed by atoms with Gasteiger partial charge in [-0.2, -0.15) is 0 Å². The van der Waals surface area contributed by atoms with E-state index >= 15 is 0 Å². The van der Waals surface area contributed by atoms with Gasteiger partial charge in [-0.1, -0.05) is 17.7 Å². The Balaban J connectivity index is 1.43. The zero-order chi connectivity index (χ0) is 20.5. The molecule has 0 radical (unpaired) electrons. The highest BCUT2D eigenvalue weighted by molar-refractivity contribution is 7.99. The number of ether oxygens (including phenoxy) is 2. The van der Waals surface area contributed by atoms with Crippen LogP contribution in [0.4, 0.5) is 5.82 Å². The third kappa shape index (κ3) is 3.76. The summed E-state index contributed by atoms with van der Waals surface area (Å²) in [5.74, 6) is 4.46. The number of aromatic nitrogens is 4. The van der Waals surface area contributed by atoms with E-state index in [-0.39, 0.29) is 6.79 Å². The van der Waals surface area contributed by atoms with Gasteiger partial charge in [0.15, 0.2) is 33.6 Å². The van der Waals surface area contributed by atoms with Gasteiger partial charge >= 0.3 is 0 Å². The van der Waals surface area contributed by atoms with Crippen molar-refractivity contribution in [3.63, 3.8) is 0 Å². The standard InChI is InChI=1S/C21H22N6O2S/c1-2-13-9-15-16(29-12-28-15)10-17(13)30-21-26-18-19(22)24-11-25-20(18)27(21)8-4-3-7-23-14-5-6-14/h1,9-11,14,23H,3-8,12H2,(H2,22,24,25). The molecule has 0 unspecified atom stereocenters. The van der Waals surface area contributed by atoms with Gasteiger partial charge in [0.05, 0.1) is 0 Å². The third-order valence-corrected chi connectivity index (χ3v) is 6.23. The van der Waals surface area contributed by atoms with Crippen LogP contribution in [0.3, 0.4) is 0 Å². The first-order valence-corrected chi connectivity index (χ1v) is 10.8. The average molecular weight is 423 g/mol. The lowest BCUT2D eigenvalue weighted by atomic mass is 10.2. The van der Waals surface area contributed by atoms with Gasteiger partial charge in [-0.25, -0.2) is 15.0 Å². The molecule has 3 heterocycles. The summed E-state index contributed by atoms with van der Waals surface area (Å²) >= 11 is 1.48. The molecule has 154 valence electrons. The monoisotopic (exact) mass is 422 g/mol. The van der Waals surface area contributed by atoms with Crippen LogP contribution in [0.15, 0.2) is 28.5 Å². The summed E-state index contributed by atoms with van der Waals surface area (Å²) in [6, 6.07) is 4.46. The van der Waals surface area contributed by atoms with Gasteiger partial charge < -0.3 is 25.1 Å². The number of fused-ring (bicyclic) bond motifs is 2. The first-order valence-electron chi connectivity index (χ1n) is 10.0. The van der Waals surface area contributed by atoms with E-state index in [1.807, 2.05) is 12.1 Å². The Kier molecular flexibility index (Phi) is 5.11. The Morgan fingerprint density at radius 2 is 2.07 bits per heavy atom. The molecule has 0 amide bonds. The fourth-order valence-electron chi connectivity index (χ4n) is 3.42. The number of aryl methyl sites for hydroxylation is 1. The predicted molar refractivity (Wildman–Crippen MR) is 115 cm³/mol. The maximum atomic E-state index is 6.06. The van der Waals surface area contributed by atoms with Crippen molar-refractivity contribution in [1.29, 1.82) is 0 Å². The number of imidazole rings is 1. The number of anilines is 1. The highest BCUT2D eigenvalue weighted by Gasteiger charge is 2.21. The second-order valence-electron chi connectivity index (χ2n) is 7.36. The SMILES string of the molecule is C#Cc1cc2c(cc1Sc1nc3c(N)ncnc3n1CCCCNC1CC1)OCO2. The normalized spacial score (nSPS) is 14.9. The summed E-state index contributed by atoms with van der Waals surface area (Å²) in [4.78, 5) is 14.1. The Labute approximate surface area is 178 Å². The number of hydrogen-bond acceptors (Lipinski definition) is 8. The molecule has 0 atom stereocenters. The van der Waals surface area contributed by atoms with Crippen LogP contribution in [0.25, 0.3) is 11.2 Å². The molecule has 3 aromatic rings. The maximum Gasteiger partial charge on any atom is 0.231 e. The summed E-state index contributed by atoms with van der Waals surface area (Å²) < 4.78 is 13.1. The number of nitrogens with one attached hydrogen (secondary N) is 1. The smallest absolute Gasteiger partial charge is 0.231 e. The number of nitrogens with zero attached hydrogens (tertiary/aromatic N) is 4. The van der Waals surface area contributed by atoms with E-state index in [1.54, 1.807) is 0 Å². The molecule has 2 aromatic heterocycles. The van der Waals surface area contributed by atoms with Crippen LogP contribution in [-0.2, 0) is 6.54 Å². The van der Waals surface area contributed by atoms with Crippen molar-refractivity contribution >= 4 is 28.7 Å². The van der Waals surface area contributed by atoms with E-state index in [0.717, 1.165) is 53.2 Å². The zero-order valence-corrected chi connectivity index (χ0v) is 17.2. The highest BCUT2D eigenvalue weighted by atomic mass is 32.2. The molecule has 0 spiro atoms. The molecule has 3 N–H and O–H groups in total. The number of nitrogens with two attached hydrogens (primary N) is 1. The summed E-state index contributed by atoms with van der Waals surface area (Å²) in [5.41, 5.74) is 8.14. The molecular formula is C21H22N6O2S. The summed E-state index contributed by atoms with van der Waals surface area (Å²) in [6.07, 6.45) is 11.9. The first-order chi connectivity index (χ1) is 14.7. The van der Waals surface area contributed by atoms with E-state index in [2.05, 4.69) is 25.8 Å². The van der Waals surface area contributed by atoms with Crippen molar-refractivity contribution in [3.8, 4) is 23.8 Å². The van der Waals surface area contributed by atoms with Crippen LogP contribution in [0.1, 0.15) is 31.2 Å². The van der Waals surface area contributed by atoms with Gasteiger partial charge in [0.25, 0.3) is 0 Å². The quantitative estimate of drug-likeness (QED) is 0.422. The molecule has 2 aliphatic rings. The van der Waals surface area contributed by atoms with Crippen LogP contribution in [0, 0.1) is 12.3 Å². The summed E-state index contributed by atoms with van der Waals surface area (Å²) in [5, 5.41) is 4.33. The lowest BCUT2D eigenvalue weighted by molar-refractivity contribution is 0.174. The largest absolute Gasteiger partial charge is 0.454 e. The van der Waals surface area contributed by atoms with Gasteiger partial charge in [-0.3, -0.25) is 0 Å². The Hall–Kier alpha value is -2.96. The average Bonchev–Trinajstić information content (AvgIpc) is 3.35.